The van der Waals surface area contributed by atoms with Gasteiger partial charge in [-0.3, -0.25) is 9.59 Å². The number of carboxylic acids is 1. The third-order valence-electron chi connectivity index (χ3n) is 5.08. The molecule has 0 saturated heterocycles. The van der Waals surface area contributed by atoms with E-state index in [0.717, 1.165) is 21.2 Å². The highest BCUT2D eigenvalue weighted by Gasteiger charge is 2.19. The van der Waals surface area contributed by atoms with Crippen LogP contribution in [0.4, 0.5) is 0 Å². The van der Waals surface area contributed by atoms with Gasteiger partial charge in [0.25, 0.3) is 5.91 Å². The second kappa shape index (κ2) is 10.0. The van der Waals surface area contributed by atoms with Crippen molar-refractivity contribution < 1.29 is 14.7 Å². The van der Waals surface area contributed by atoms with E-state index in [0.29, 0.717) is 17.8 Å². The molecule has 0 spiro atoms. The molecule has 1 unspecified atom stereocenters. The molecule has 3 aromatic rings. The van der Waals surface area contributed by atoms with Gasteiger partial charge >= 0.3 is 5.97 Å². The molecule has 0 aliphatic heterocycles. The third-order valence-corrected chi connectivity index (χ3v) is 5.49. The number of hydrogen-bond donors (Lipinski definition) is 2. The summed E-state index contributed by atoms with van der Waals surface area (Å²) < 4.78 is 0.804. The minimum atomic E-state index is -0.960. The van der Waals surface area contributed by atoms with Crippen LogP contribution < -0.4 is 5.32 Å². The van der Waals surface area contributed by atoms with Crippen molar-refractivity contribution >= 4 is 27.8 Å². The number of nitrogens with zero attached hydrogens (tertiary/aromatic N) is 2. The maximum absolute atomic E-state index is 12.7. The van der Waals surface area contributed by atoms with Gasteiger partial charge in [-0.15, -0.1) is 0 Å². The second-order valence-corrected chi connectivity index (χ2v) is 9.64. The molecule has 0 radical (unpaired) electrons. The lowest BCUT2D eigenvalue weighted by atomic mass is 9.86. The Morgan fingerprint density at radius 3 is 2.12 bits per heavy atom. The van der Waals surface area contributed by atoms with Crippen molar-refractivity contribution in [2.45, 2.75) is 45.1 Å². The quantitative estimate of drug-likeness (QED) is 0.479. The lowest BCUT2D eigenvalue weighted by Crippen LogP contribution is -2.38. The molecule has 1 atom stereocenters. The van der Waals surface area contributed by atoms with Crippen LogP contribution in [0, 0.1) is 0 Å². The molecule has 0 aliphatic rings. The fraction of sp³-hybridized carbons (Fsp3) is 0.280. The van der Waals surface area contributed by atoms with Crippen LogP contribution in [0.2, 0.25) is 0 Å². The number of aromatic nitrogens is 2. The Balaban J connectivity index is 1.70. The number of carbonyl (C=O) groups excluding carboxylic acids is 1. The lowest BCUT2D eigenvalue weighted by Gasteiger charge is -2.20. The van der Waals surface area contributed by atoms with Crippen LogP contribution in [-0.4, -0.2) is 33.0 Å². The number of benzene rings is 2. The highest BCUT2D eigenvalue weighted by Crippen LogP contribution is 2.22. The maximum atomic E-state index is 12.7. The van der Waals surface area contributed by atoms with Gasteiger partial charge in [-0.1, -0.05) is 57.2 Å². The van der Waals surface area contributed by atoms with Crippen molar-refractivity contribution in [3.63, 3.8) is 0 Å². The Kier molecular flexibility index (Phi) is 7.40. The molecule has 1 heterocycles. The molecular formula is C25H26BrN3O3. The fourth-order valence-electron chi connectivity index (χ4n) is 3.31. The Morgan fingerprint density at radius 2 is 1.59 bits per heavy atom. The van der Waals surface area contributed by atoms with E-state index in [2.05, 4.69) is 52.0 Å². The molecule has 0 saturated carbocycles. The van der Waals surface area contributed by atoms with Gasteiger partial charge in [0.1, 0.15) is 0 Å². The van der Waals surface area contributed by atoms with Gasteiger partial charge in [0, 0.05) is 29.6 Å². The molecule has 166 valence electrons. The zero-order chi connectivity index (χ0) is 23.3. The Hall–Kier alpha value is -3.06. The van der Waals surface area contributed by atoms with Crippen LogP contribution in [0.15, 0.2) is 65.4 Å². The summed E-state index contributed by atoms with van der Waals surface area (Å²) in [7, 11) is 0. The maximum Gasteiger partial charge on any atom is 0.305 e. The molecule has 2 N–H and O–H groups in total. The van der Waals surface area contributed by atoms with Crippen molar-refractivity contribution in [2.75, 3.05) is 0 Å². The van der Waals surface area contributed by atoms with E-state index in [4.69, 9.17) is 0 Å². The molecule has 2 aromatic carbocycles. The summed E-state index contributed by atoms with van der Waals surface area (Å²) in [5.74, 6) is -0.635. The average molecular weight is 496 g/mol. The topological polar surface area (TPSA) is 92.2 Å². The van der Waals surface area contributed by atoms with E-state index in [9.17, 15) is 14.7 Å². The van der Waals surface area contributed by atoms with Crippen LogP contribution in [0.3, 0.4) is 0 Å². The van der Waals surface area contributed by atoms with E-state index >= 15 is 0 Å². The number of aliphatic carboxylic acids is 1. The second-order valence-electron chi connectivity index (χ2n) is 8.72. The van der Waals surface area contributed by atoms with Crippen LogP contribution in [-0.2, 0) is 16.6 Å². The SMILES string of the molecule is CC(C)(C)c1ccc(C(=O)NC(CC(=O)O)Cc2ccc(-c3ncc(Br)cn3)cc2)cc1. The van der Waals surface area contributed by atoms with Crippen molar-refractivity contribution in [2.24, 2.45) is 0 Å². The van der Waals surface area contributed by atoms with E-state index in [1.165, 1.54) is 0 Å². The zero-order valence-electron chi connectivity index (χ0n) is 18.3. The summed E-state index contributed by atoms with van der Waals surface area (Å²) in [6.07, 6.45) is 3.61. The van der Waals surface area contributed by atoms with Crippen molar-refractivity contribution in [1.29, 1.82) is 0 Å². The first-order valence-corrected chi connectivity index (χ1v) is 11.1. The van der Waals surface area contributed by atoms with E-state index in [-0.39, 0.29) is 17.7 Å². The molecule has 0 fully saturated rings. The summed E-state index contributed by atoms with van der Waals surface area (Å²) in [6.45, 7) is 6.33. The molecule has 7 heteroatoms. The van der Waals surface area contributed by atoms with Crippen LogP contribution >= 0.6 is 15.9 Å². The summed E-state index contributed by atoms with van der Waals surface area (Å²) in [4.78, 5) is 32.7. The van der Waals surface area contributed by atoms with Crippen molar-refractivity contribution in [3.05, 3.63) is 82.1 Å². The zero-order valence-corrected chi connectivity index (χ0v) is 19.9. The summed E-state index contributed by atoms with van der Waals surface area (Å²) >= 11 is 3.32. The van der Waals surface area contributed by atoms with Gasteiger partial charge in [0.15, 0.2) is 5.82 Å². The number of amides is 1. The van der Waals surface area contributed by atoms with Gasteiger partial charge in [-0.2, -0.15) is 0 Å². The summed E-state index contributed by atoms with van der Waals surface area (Å²) in [5.41, 5.74) is 3.41. The van der Waals surface area contributed by atoms with Gasteiger partial charge < -0.3 is 10.4 Å². The van der Waals surface area contributed by atoms with Gasteiger partial charge in [-0.25, -0.2) is 9.97 Å². The minimum absolute atomic E-state index is 0.00566. The molecule has 6 nitrogen and oxygen atoms in total. The Bertz CT molecular complexity index is 1070. The number of nitrogens with one attached hydrogen (secondary N) is 1. The lowest BCUT2D eigenvalue weighted by molar-refractivity contribution is -0.137. The van der Waals surface area contributed by atoms with Crippen LogP contribution in [0.5, 0.6) is 0 Å². The first-order valence-electron chi connectivity index (χ1n) is 10.3. The molecule has 0 aliphatic carbocycles. The predicted molar refractivity (Wildman–Crippen MR) is 128 cm³/mol. The van der Waals surface area contributed by atoms with Crippen molar-refractivity contribution in [1.82, 2.24) is 15.3 Å². The standard InChI is InChI=1S/C25H26BrN3O3/c1-25(2,3)19-10-8-18(9-11-19)24(32)29-21(13-22(30)31)12-16-4-6-17(7-5-16)23-27-14-20(26)15-28-23/h4-11,14-15,21H,12-13H2,1-3H3,(H,29,32)(H,30,31). The number of halogens is 1. The van der Waals surface area contributed by atoms with Gasteiger partial charge in [0.05, 0.1) is 10.9 Å². The van der Waals surface area contributed by atoms with Crippen LogP contribution in [0.1, 0.15) is 48.7 Å². The molecule has 3 rings (SSSR count). The van der Waals surface area contributed by atoms with E-state index < -0.39 is 12.0 Å². The number of carbonyl (C=O) groups is 2. The van der Waals surface area contributed by atoms with Crippen molar-refractivity contribution in [3.8, 4) is 11.4 Å². The monoisotopic (exact) mass is 495 g/mol. The number of carboxylic acid groups (broad SMARTS) is 1. The molecular weight excluding hydrogens is 470 g/mol. The molecule has 32 heavy (non-hydrogen) atoms. The number of hydrogen-bond acceptors (Lipinski definition) is 4. The molecule has 0 bridgehead atoms. The Morgan fingerprint density at radius 1 is 1.00 bits per heavy atom. The van der Waals surface area contributed by atoms with Gasteiger partial charge in [0.2, 0.25) is 0 Å². The fourth-order valence-corrected chi connectivity index (χ4v) is 3.52. The highest BCUT2D eigenvalue weighted by atomic mass is 79.9. The average Bonchev–Trinajstić information content (AvgIpc) is 2.74. The first-order chi connectivity index (χ1) is 15.1. The highest BCUT2D eigenvalue weighted by molar-refractivity contribution is 9.10. The molecule has 1 amide bonds. The predicted octanol–water partition coefficient (Wildman–Crippen LogP) is 5.02. The van der Waals surface area contributed by atoms with E-state index in [1.807, 2.05) is 36.4 Å². The smallest absolute Gasteiger partial charge is 0.305 e. The minimum Gasteiger partial charge on any atom is -0.481 e. The van der Waals surface area contributed by atoms with Crippen LogP contribution in [0.25, 0.3) is 11.4 Å². The Labute approximate surface area is 196 Å². The third kappa shape index (κ3) is 6.47. The number of rotatable bonds is 7. The van der Waals surface area contributed by atoms with Gasteiger partial charge in [-0.05, 0) is 51.0 Å². The summed E-state index contributed by atoms with van der Waals surface area (Å²) in [6, 6.07) is 14.5. The first kappa shape index (κ1) is 23.6. The van der Waals surface area contributed by atoms with E-state index in [1.54, 1.807) is 24.5 Å². The largest absolute Gasteiger partial charge is 0.481 e. The summed E-state index contributed by atoms with van der Waals surface area (Å²) in [5, 5.41) is 12.2. The normalized spacial score (nSPS) is 12.2. The molecule has 1 aromatic heterocycles.